The van der Waals surface area contributed by atoms with Gasteiger partial charge in [-0.05, 0) is 48.0 Å². The molecule has 0 saturated heterocycles. The van der Waals surface area contributed by atoms with Crippen LogP contribution in [0, 0.1) is 0 Å². The van der Waals surface area contributed by atoms with E-state index in [1.807, 2.05) is 48.5 Å². The lowest BCUT2D eigenvalue weighted by Crippen LogP contribution is -2.34. The Kier molecular flexibility index (Phi) is 8.20. The molecule has 0 aliphatic heterocycles. The van der Waals surface area contributed by atoms with Crippen molar-refractivity contribution in [2.45, 2.75) is 6.61 Å². The van der Waals surface area contributed by atoms with Crippen LogP contribution in [0.4, 0.5) is 0 Å². The molecule has 158 valence electrons. The topological polar surface area (TPSA) is 79.8 Å². The lowest BCUT2D eigenvalue weighted by atomic mass is 10.2. The minimum absolute atomic E-state index is 0.214. The van der Waals surface area contributed by atoms with Crippen LogP contribution >= 0.6 is 27.5 Å². The summed E-state index contributed by atoms with van der Waals surface area (Å²) in [5.74, 6) is -0.208. The third kappa shape index (κ3) is 7.24. The Balaban J connectivity index is 1.53. The van der Waals surface area contributed by atoms with Crippen LogP contribution in [-0.2, 0) is 11.4 Å². The SMILES string of the molecule is O=C(CNC(=O)c1ccc(Cl)cc1)NN=Cc1cc(Br)ccc1OCc1ccccc1. The molecule has 2 amide bonds. The summed E-state index contributed by atoms with van der Waals surface area (Å²) in [7, 11) is 0. The van der Waals surface area contributed by atoms with Gasteiger partial charge in [-0.3, -0.25) is 9.59 Å². The van der Waals surface area contributed by atoms with Crippen molar-refractivity contribution in [3.05, 3.63) is 99.0 Å². The van der Waals surface area contributed by atoms with Crippen molar-refractivity contribution >= 4 is 45.6 Å². The van der Waals surface area contributed by atoms with Gasteiger partial charge in [0.1, 0.15) is 12.4 Å². The fraction of sp³-hybridized carbons (Fsp3) is 0.0870. The van der Waals surface area contributed by atoms with Gasteiger partial charge < -0.3 is 10.1 Å². The molecular formula is C23H19BrClN3O3. The molecule has 0 spiro atoms. The average Bonchev–Trinajstić information content (AvgIpc) is 2.78. The molecule has 0 atom stereocenters. The predicted octanol–water partition coefficient (Wildman–Crippen LogP) is 4.56. The Morgan fingerprint density at radius 1 is 1.03 bits per heavy atom. The van der Waals surface area contributed by atoms with Crippen molar-refractivity contribution in [2.75, 3.05) is 6.54 Å². The van der Waals surface area contributed by atoms with Gasteiger partial charge in [0.15, 0.2) is 0 Å². The summed E-state index contributed by atoms with van der Waals surface area (Å²) in [5.41, 5.74) is 4.53. The van der Waals surface area contributed by atoms with Crippen LogP contribution in [0.1, 0.15) is 21.5 Å². The number of halogens is 2. The average molecular weight is 501 g/mol. The van der Waals surface area contributed by atoms with E-state index in [0.29, 0.717) is 28.5 Å². The number of nitrogens with one attached hydrogen (secondary N) is 2. The van der Waals surface area contributed by atoms with Gasteiger partial charge >= 0.3 is 0 Å². The number of hydrazone groups is 1. The first-order valence-electron chi connectivity index (χ1n) is 9.33. The Bertz CT molecular complexity index is 1070. The van der Waals surface area contributed by atoms with E-state index in [4.69, 9.17) is 16.3 Å². The number of carbonyl (C=O) groups is 2. The number of rotatable bonds is 8. The van der Waals surface area contributed by atoms with Crippen LogP contribution in [0.5, 0.6) is 5.75 Å². The summed E-state index contributed by atoms with van der Waals surface area (Å²) in [4.78, 5) is 24.0. The Labute approximate surface area is 193 Å². The number of hydrogen-bond donors (Lipinski definition) is 2. The summed E-state index contributed by atoms with van der Waals surface area (Å²) in [5, 5.41) is 7.02. The molecule has 0 aromatic heterocycles. The molecule has 6 nitrogen and oxygen atoms in total. The number of benzene rings is 3. The lowest BCUT2D eigenvalue weighted by molar-refractivity contribution is -0.120. The van der Waals surface area contributed by atoms with E-state index >= 15 is 0 Å². The molecule has 8 heteroatoms. The first-order chi connectivity index (χ1) is 15.0. The predicted molar refractivity (Wildman–Crippen MR) is 124 cm³/mol. The van der Waals surface area contributed by atoms with E-state index < -0.39 is 5.91 Å². The van der Waals surface area contributed by atoms with Crippen LogP contribution in [-0.4, -0.2) is 24.6 Å². The highest BCUT2D eigenvalue weighted by atomic mass is 79.9. The summed E-state index contributed by atoms with van der Waals surface area (Å²) < 4.78 is 6.73. The van der Waals surface area contributed by atoms with Gasteiger partial charge in [0.05, 0.1) is 12.8 Å². The van der Waals surface area contributed by atoms with Crippen LogP contribution in [0.25, 0.3) is 0 Å². The zero-order valence-electron chi connectivity index (χ0n) is 16.3. The zero-order chi connectivity index (χ0) is 22.1. The zero-order valence-corrected chi connectivity index (χ0v) is 18.7. The first-order valence-corrected chi connectivity index (χ1v) is 10.5. The quantitative estimate of drug-likeness (QED) is 0.351. The van der Waals surface area contributed by atoms with E-state index in [2.05, 4.69) is 31.8 Å². The summed E-state index contributed by atoms with van der Waals surface area (Å²) in [6.07, 6.45) is 1.49. The van der Waals surface area contributed by atoms with Crippen molar-refractivity contribution in [2.24, 2.45) is 5.10 Å². The second kappa shape index (κ2) is 11.3. The summed E-state index contributed by atoms with van der Waals surface area (Å²) >= 11 is 9.22. The molecule has 0 fully saturated rings. The number of nitrogens with zero attached hydrogens (tertiary/aromatic N) is 1. The van der Waals surface area contributed by atoms with Gasteiger partial charge in [0.2, 0.25) is 0 Å². The van der Waals surface area contributed by atoms with Crippen LogP contribution in [0.3, 0.4) is 0 Å². The highest BCUT2D eigenvalue weighted by molar-refractivity contribution is 9.10. The molecule has 31 heavy (non-hydrogen) atoms. The maximum atomic E-state index is 12.0. The number of carbonyl (C=O) groups excluding carboxylic acids is 2. The molecule has 3 rings (SSSR count). The van der Waals surface area contributed by atoms with E-state index in [-0.39, 0.29) is 12.5 Å². The van der Waals surface area contributed by atoms with E-state index in [9.17, 15) is 9.59 Å². The molecule has 0 aliphatic rings. The molecule has 0 saturated carbocycles. The van der Waals surface area contributed by atoms with Crippen molar-refractivity contribution < 1.29 is 14.3 Å². The minimum Gasteiger partial charge on any atom is -0.488 e. The maximum absolute atomic E-state index is 12.0. The smallest absolute Gasteiger partial charge is 0.259 e. The van der Waals surface area contributed by atoms with Gasteiger partial charge in [0, 0.05) is 20.6 Å². The highest BCUT2D eigenvalue weighted by Crippen LogP contribution is 2.22. The molecule has 0 heterocycles. The molecule has 0 bridgehead atoms. The van der Waals surface area contributed by atoms with Crippen LogP contribution < -0.4 is 15.5 Å². The molecule has 0 aliphatic carbocycles. The normalized spacial score (nSPS) is 10.6. The third-order valence-electron chi connectivity index (χ3n) is 4.12. The Hall–Kier alpha value is -3.16. The maximum Gasteiger partial charge on any atom is 0.259 e. The molecule has 3 aromatic carbocycles. The first kappa shape index (κ1) is 22.5. The number of ether oxygens (including phenoxy) is 1. The summed E-state index contributed by atoms with van der Waals surface area (Å²) in [6, 6.07) is 21.7. The van der Waals surface area contributed by atoms with E-state index in [1.165, 1.54) is 6.21 Å². The monoisotopic (exact) mass is 499 g/mol. The molecule has 3 aromatic rings. The molecule has 0 radical (unpaired) electrons. The third-order valence-corrected chi connectivity index (χ3v) is 4.86. The fourth-order valence-corrected chi connectivity index (χ4v) is 3.07. The fourth-order valence-electron chi connectivity index (χ4n) is 2.56. The Morgan fingerprint density at radius 3 is 2.52 bits per heavy atom. The minimum atomic E-state index is -0.458. The molecule has 0 unspecified atom stereocenters. The van der Waals surface area contributed by atoms with E-state index in [1.54, 1.807) is 24.3 Å². The van der Waals surface area contributed by atoms with Crippen molar-refractivity contribution in [1.82, 2.24) is 10.7 Å². The largest absolute Gasteiger partial charge is 0.488 e. The Morgan fingerprint density at radius 2 is 1.77 bits per heavy atom. The number of hydrogen-bond acceptors (Lipinski definition) is 4. The van der Waals surface area contributed by atoms with Crippen LogP contribution in [0.2, 0.25) is 5.02 Å². The lowest BCUT2D eigenvalue weighted by Gasteiger charge is -2.10. The molecule has 2 N–H and O–H groups in total. The summed E-state index contributed by atoms with van der Waals surface area (Å²) in [6.45, 7) is 0.195. The van der Waals surface area contributed by atoms with E-state index in [0.717, 1.165) is 10.0 Å². The van der Waals surface area contributed by atoms with Gasteiger partial charge in [-0.1, -0.05) is 57.9 Å². The number of amides is 2. The van der Waals surface area contributed by atoms with Gasteiger partial charge in [-0.25, -0.2) is 5.43 Å². The van der Waals surface area contributed by atoms with Crippen LogP contribution in [0.15, 0.2) is 82.4 Å². The second-order valence-corrected chi connectivity index (χ2v) is 7.79. The standard InChI is InChI=1S/C23H19BrClN3O3/c24-19-8-11-21(31-15-16-4-2-1-3-5-16)18(12-19)13-27-28-22(29)14-26-23(30)17-6-9-20(25)10-7-17/h1-13H,14-15H2,(H,26,30)(H,28,29). The van der Waals surface area contributed by atoms with Gasteiger partial charge in [0.25, 0.3) is 11.8 Å². The van der Waals surface area contributed by atoms with Gasteiger partial charge in [-0.15, -0.1) is 0 Å². The highest BCUT2D eigenvalue weighted by Gasteiger charge is 2.08. The molecular weight excluding hydrogens is 482 g/mol. The van der Waals surface area contributed by atoms with Crippen molar-refractivity contribution in [3.63, 3.8) is 0 Å². The second-order valence-electron chi connectivity index (χ2n) is 6.44. The van der Waals surface area contributed by atoms with Crippen molar-refractivity contribution in [3.8, 4) is 5.75 Å². The van der Waals surface area contributed by atoms with Crippen molar-refractivity contribution in [1.29, 1.82) is 0 Å². The van der Waals surface area contributed by atoms with Gasteiger partial charge in [-0.2, -0.15) is 5.10 Å².